The van der Waals surface area contributed by atoms with Gasteiger partial charge < -0.3 is 10.1 Å². The normalized spacial score (nSPS) is 10.3. The molecular formula is C18H17N3O2. The first-order chi connectivity index (χ1) is 11.2. The Bertz CT molecular complexity index is 797. The van der Waals surface area contributed by atoms with Crippen LogP contribution in [0.1, 0.15) is 15.9 Å². The number of hydrogen-bond acceptors (Lipinski definition) is 3. The molecule has 0 saturated carbocycles. The van der Waals surface area contributed by atoms with Crippen LogP contribution in [0.15, 0.2) is 67.0 Å². The summed E-state index contributed by atoms with van der Waals surface area (Å²) >= 11 is 0. The second-order valence-electron chi connectivity index (χ2n) is 5.10. The van der Waals surface area contributed by atoms with Crippen LogP contribution in [-0.4, -0.2) is 22.8 Å². The summed E-state index contributed by atoms with van der Waals surface area (Å²) in [7, 11) is 1.57. The van der Waals surface area contributed by atoms with Crippen molar-refractivity contribution in [1.82, 2.24) is 9.78 Å². The van der Waals surface area contributed by atoms with E-state index >= 15 is 0 Å². The highest BCUT2D eigenvalue weighted by atomic mass is 16.5. The molecule has 3 aromatic rings. The molecule has 5 heteroatoms. The van der Waals surface area contributed by atoms with Gasteiger partial charge in [0, 0.05) is 11.8 Å². The maximum atomic E-state index is 12.2. The smallest absolute Gasteiger partial charge is 0.255 e. The number of carbonyl (C=O) groups is 1. The highest BCUT2D eigenvalue weighted by Crippen LogP contribution is 2.15. The van der Waals surface area contributed by atoms with Crippen LogP contribution in [-0.2, 0) is 6.54 Å². The monoisotopic (exact) mass is 307 g/mol. The average Bonchev–Trinajstić information content (AvgIpc) is 3.02. The van der Waals surface area contributed by atoms with Crippen LogP contribution in [0.3, 0.4) is 0 Å². The minimum absolute atomic E-state index is 0.192. The van der Waals surface area contributed by atoms with Crippen LogP contribution in [0.5, 0.6) is 5.75 Å². The molecule has 0 radical (unpaired) electrons. The van der Waals surface area contributed by atoms with Crippen molar-refractivity contribution in [2.24, 2.45) is 0 Å². The number of ether oxygens (including phenoxy) is 1. The summed E-state index contributed by atoms with van der Waals surface area (Å²) in [6.07, 6.45) is 3.45. The quantitative estimate of drug-likeness (QED) is 0.787. The maximum Gasteiger partial charge on any atom is 0.255 e. The molecule has 0 fully saturated rings. The van der Waals surface area contributed by atoms with E-state index in [1.807, 2.05) is 36.5 Å². The van der Waals surface area contributed by atoms with Crippen molar-refractivity contribution >= 4 is 11.6 Å². The zero-order valence-electron chi connectivity index (χ0n) is 12.8. The van der Waals surface area contributed by atoms with Gasteiger partial charge in [-0.25, -0.2) is 0 Å². The molecule has 1 amide bonds. The molecule has 5 nitrogen and oxygen atoms in total. The summed E-state index contributed by atoms with van der Waals surface area (Å²) in [4.78, 5) is 12.2. The van der Waals surface area contributed by atoms with Crippen LogP contribution in [0, 0.1) is 0 Å². The lowest BCUT2D eigenvalue weighted by Crippen LogP contribution is -2.11. The lowest BCUT2D eigenvalue weighted by Gasteiger charge is -2.05. The molecule has 1 heterocycles. The van der Waals surface area contributed by atoms with Crippen molar-refractivity contribution in [1.29, 1.82) is 0 Å². The Labute approximate surface area is 134 Å². The fourth-order valence-corrected chi connectivity index (χ4v) is 2.25. The molecule has 0 bridgehead atoms. The molecule has 1 aromatic heterocycles. The molecule has 0 unspecified atom stereocenters. The lowest BCUT2D eigenvalue weighted by atomic mass is 10.2. The topological polar surface area (TPSA) is 56.1 Å². The van der Waals surface area contributed by atoms with Gasteiger partial charge in [-0.05, 0) is 23.8 Å². The summed E-state index contributed by atoms with van der Waals surface area (Å²) in [5, 5.41) is 7.11. The highest BCUT2D eigenvalue weighted by Gasteiger charge is 2.08. The lowest BCUT2D eigenvalue weighted by molar-refractivity contribution is 0.102. The second kappa shape index (κ2) is 6.79. The summed E-state index contributed by atoms with van der Waals surface area (Å²) in [5.74, 6) is 0.459. The van der Waals surface area contributed by atoms with Gasteiger partial charge in [0.05, 0.1) is 25.5 Å². The molecule has 23 heavy (non-hydrogen) atoms. The van der Waals surface area contributed by atoms with E-state index in [4.69, 9.17) is 4.74 Å². The number of nitrogens with zero attached hydrogens (tertiary/aromatic N) is 2. The molecule has 0 aliphatic rings. The van der Waals surface area contributed by atoms with Crippen molar-refractivity contribution in [3.05, 3.63) is 78.1 Å². The van der Waals surface area contributed by atoms with Gasteiger partial charge in [-0.1, -0.05) is 36.4 Å². The molecular weight excluding hydrogens is 290 g/mol. The predicted octanol–water partition coefficient (Wildman–Crippen LogP) is 3.19. The van der Waals surface area contributed by atoms with Crippen molar-refractivity contribution in [3.8, 4) is 5.75 Å². The molecule has 1 N–H and O–H groups in total. The third kappa shape index (κ3) is 3.77. The van der Waals surface area contributed by atoms with Crippen LogP contribution < -0.4 is 10.1 Å². The number of aromatic nitrogens is 2. The number of benzene rings is 2. The Morgan fingerprint density at radius 2 is 2.00 bits per heavy atom. The summed E-state index contributed by atoms with van der Waals surface area (Å²) in [6.45, 7) is 0.663. The standard InChI is InChI=1S/C18H17N3O2/c1-23-17-9-5-8-15(10-17)18(22)20-16-11-19-21(13-16)12-14-6-3-2-4-7-14/h2-11,13H,12H2,1H3,(H,20,22). The van der Waals surface area contributed by atoms with E-state index in [9.17, 15) is 4.79 Å². The fourth-order valence-electron chi connectivity index (χ4n) is 2.25. The summed E-state index contributed by atoms with van der Waals surface area (Å²) in [5.41, 5.74) is 2.36. The maximum absolute atomic E-state index is 12.2. The van der Waals surface area contributed by atoms with Crippen molar-refractivity contribution < 1.29 is 9.53 Å². The third-order valence-electron chi connectivity index (χ3n) is 3.41. The van der Waals surface area contributed by atoms with Gasteiger partial charge in [0.15, 0.2) is 0 Å². The highest BCUT2D eigenvalue weighted by molar-refractivity contribution is 6.04. The van der Waals surface area contributed by atoms with Crippen molar-refractivity contribution in [2.75, 3.05) is 12.4 Å². The zero-order valence-corrected chi connectivity index (χ0v) is 12.8. The Morgan fingerprint density at radius 3 is 2.78 bits per heavy atom. The van der Waals surface area contributed by atoms with Gasteiger partial charge in [-0.2, -0.15) is 5.10 Å². The largest absolute Gasteiger partial charge is 0.497 e. The van der Waals surface area contributed by atoms with Gasteiger partial charge in [0.2, 0.25) is 0 Å². The van der Waals surface area contributed by atoms with E-state index in [0.717, 1.165) is 5.56 Å². The summed E-state index contributed by atoms with van der Waals surface area (Å²) in [6, 6.07) is 17.1. The molecule has 0 saturated heterocycles. The fraction of sp³-hybridized carbons (Fsp3) is 0.111. The summed E-state index contributed by atoms with van der Waals surface area (Å²) < 4.78 is 6.92. The number of carbonyl (C=O) groups excluding carboxylic acids is 1. The van der Waals surface area contributed by atoms with E-state index in [1.165, 1.54) is 0 Å². The molecule has 0 aliphatic carbocycles. The van der Waals surface area contributed by atoms with Crippen LogP contribution in [0.2, 0.25) is 0 Å². The number of nitrogens with one attached hydrogen (secondary N) is 1. The molecule has 2 aromatic carbocycles. The van der Waals surface area contributed by atoms with Crippen LogP contribution in [0.25, 0.3) is 0 Å². The van der Waals surface area contributed by atoms with E-state index in [2.05, 4.69) is 10.4 Å². The van der Waals surface area contributed by atoms with E-state index in [1.54, 1.807) is 42.3 Å². The predicted molar refractivity (Wildman–Crippen MR) is 88.7 cm³/mol. The van der Waals surface area contributed by atoms with Gasteiger partial charge in [-0.3, -0.25) is 9.48 Å². The second-order valence-corrected chi connectivity index (χ2v) is 5.10. The van der Waals surface area contributed by atoms with Gasteiger partial charge >= 0.3 is 0 Å². The number of rotatable bonds is 5. The molecule has 3 rings (SSSR count). The number of hydrogen-bond donors (Lipinski definition) is 1. The Balaban J connectivity index is 1.67. The minimum Gasteiger partial charge on any atom is -0.497 e. The van der Waals surface area contributed by atoms with Gasteiger partial charge in [-0.15, -0.1) is 0 Å². The Morgan fingerprint density at radius 1 is 1.17 bits per heavy atom. The Hall–Kier alpha value is -3.08. The van der Waals surface area contributed by atoms with E-state index < -0.39 is 0 Å². The first-order valence-electron chi connectivity index (χ1n) is 7.26. The van der Waals surface area contributed by atoms with Crippen molar-refractivity contribution in [3.63, 3.8) is 0 Å². The minimum atomic E-state index is -0.192. The number of anilines is 1. The van der Waals surface area contributed by atoms with Crippen molar-refractivity contribution in [2.45, 2.75) is 6.54 Å². The third-order valence-corrected chi connectivity index (χ3v) is 3.41. The molecule has 0 aliphatic heterocycles. The first-order valence-corrected chi connectivity index (χ1v) is 7.26. The van der Waals surface area contributed by atoms with E-state index in [0.29, 0.717) is 23.5 Å². The molecule has 0 atom stereocenters. The van der Waals surface area contributed by atoms with Gasteiger partial charge in [0.1, 0.15) is 5.75 Å². The SMILES string of the molecule is COc1cccc(C(=O)Nc2cnn(Cc3ccccc3)c2)c1. The number of amides is 1. The number of methoxy groups -OCH3 is 1. The Kier molecular flexibility index (Phi) is 4.38. The van der Waals surface area contributed by atoms with Crippen LogP contribution >= 0.6 is 0 Å². The van der Waals surface area contributed by atoms with Crippen LogP contribution in [0.4, 0.5) is 5.69 Å². The zero-order chi connectivity index (χ0) is 16.1. The first kappa shape index (κ1) is 14.8. The van der Waals surface area contributed by atoms with E-state index in [-0.39, 0.29) is 5.91 Å². The average molecular weight is 307 g/mol. The molecule has 116 valence electrons. The van der Waals surface area contributed by atoms with Gasteiger partial charge in [0.25, 0.3) is 5.91 Å². The molecule has 0 spiro atoms.